The fourth-order valence-electron chi connectivity index (χ4n) is 3.30. The van der Waals surface area contributed by atoms with Gasteiger partial charge in [0.05, 0.1) is 6.61 Å². The minimum Gasteiger partial charge on any atom is -0.494 e. The Morgan fingerprint density at radius 2 is 1.30 bits per heavy atom. The summed E-state index contributed by atoms with van der Waals surface area (Å²) in [7, 11) is 0. The molecule has 0 fully saturated rings. The molecular weight excluding hydrogens is 414 g/mol. The van der Waals surface area contributed by atoms with Gasteiger partial charge in [0.25, 0.3) is 5.91 Å². The maximum Gasteiger partial charge on any atom is 0.255 e. The van der Waals surface area contributed by atoms with Crippen molar-refractivity contribution in [1.82, 2.24) is 0 Å². The number of para-hydroxylation sites is 1. The van der Waals surface area contributed by atoms with E-state index < -0.39 is 0 Å². The monoisotopic (exact) mass is 447 g/mol. The molecule has 0 spiro atoms. The zero-order chi connectivity index (χ0) is 23.1. The minimum absolute atomic E-state index is 0.189. The summed E-state index contributed by atoms with van der Waals surface area (Å²) in [6.45, 7) is 3.75. The number of nitrogens with one attached hydrogen (secondary N) is 1. The molecule has 0 saturated carbocycles. The standard InChI is InChI=1S/C28H33NO4/c1-2-3-4-5-9-19-31-26-17-15-24(16-18-26)29-28(30)23-11-10-14-27(22-23)33-21-20-32-25-12-7-6-8-13-25/h6-8,10-18,22H,2-5,9,19-21H2,1H3,(H,29,30). The Bertz CT molecular complexity index is 957. The third kappa shape index (κ3) is 8.89. The highest BCUT2D eigenvalue weighted by atomic mass is 16.5. The smallest absolute Gasteiger partial charge is 0.255 e. The van der Waals surface area contributed by atoms with Crippen LogP contribution in [0, 0.1) is 0 Å². The first-order valence-corrected chi connectivity index (χ1v) is 11.7. The predicted octanol–water partition coefficient (Wildman–Crippen LogP) is 6.75. The molecule has 0 saturated heterocycles. The molecule has 0 unspecified atom stereocenters. The zero-order valence-electron chi connectivity index (χ0n) is 19.3. The van der Waals surface area contributed by atoms with E-state index in [2.05, 4.69) is 12.2 Å². The van der Waals surface area contributed by atoms with Crippen LogP contribution < -0.4 is 19.5 Å². The van der Waals surface area contributed by atoms with Crippen molar-refractivity contribution >= 4 is 11.6 Å². The highest BCUT2D eigenvalue weighted by Crippen LogP contribution is 2.19. The van der Waals surface area contributed by atoms with Crippen molar-refractivity contribution in [2.45, 2.75) is 39.0 Å². The van der Waals surface area contributed by atoms with Crippen LogP contribution in [0.3, 0.4) is 0 Å². The van der Waals surface area contributed by atoms with Gasteiger partial charge < -0.3 is 19.5 Å². The fraction of sp³-hybridized carbons (Fsp3) is 0.321. The van der Waals surface area contributed by atoms with Crippen LogP contribution >= 0.6 is 0 Å². The second-order valence-corrected chi connectivity index (χ2v) is 7.78. The highest BCUT2D eigenvalue weighted by Gasteiger charge is 2.08. The van der Waals surface area contributed by atoms with Gasteiger partial charge in [0, 0.05) is 11.3 Å². The predicted molar refractivity (Wildman–Crippen MR) is 133 cm³/mol. The summed E-state index contributed by atoms with van der Waals surface area (Å²) in [5.41, 5.74) is 1.25. The number of carbonyl (C=O) groups excluding carboxylic acids is 1. The number of ether oxygens (including phenoxy) is 3. The molecule has 1 N–H and O–H groups in total. The van der Waals surface area contributed by atoms with Crippen LogP contribution in [0.1, 0.15) is 49.4 Å². The second-order valence-electron chi connectivity index (χ2n) is 7.78. The van der Waals surface area contributed by atoms with Gasteiger partial charge in [-0.05, 0) is 61.0 Å². The third-order valence-corrected chi connectivity index (χ3v) is 5.09. The van der Waals surface area contributed by atoms with Gasteiger partial charge in [-0.3, -0.25) is 4.79 Å². The van der Waals surface area contributed by atoms with Crippen LogP contribution in [0.2, 0.25) is 0 Å². The fourth-order valence-corrected chi connectivity index (χ4v) is 3.30. The molecule has 3 aromatic carbocycles. The largest absolute Gasteiger partial charge is 0.494 e. The third-order valence-electron chi connectivity index (χ3n) is 5.09. The lowest BCUT2D eigenvalue weighted by Gasteiger charge is -2.10. The Balaban J connectivity index is 1.41. The van der Waals surface area contributed by atoms with Crippen LogP contribution in [0.25, 0.3) is 0 Å². The topological polar surface area (TPSA) is 56.8 Å². The lowest BCUT2D eigenvalue weighted by atomic mass is 10.2. The number of carbonyl (C=O) groups is 1. The lowest BCUT2D eigenvalue weighted by Crippen LogP contribution is -2.13. The van der Waals surface area contributed by atoms with E-state index in [9.17, 15) is 4.79 Å². The summed E-state index contributed by atoms with van der Waals surface area (Å²) in [6, 6.07) is 24.2. The van der Waals surface area contributed by atoms with E-state index in [1.807, 2.05) is 60.7 Å². The van der Waals surface area contributed by atoms with Crippen molar-refractivity contribution in [2.24, 2.45) is 0 Å². The van der Waals surface area contributed by atoms with Crippen molar-refractivity contribution in [3.63, 3.8) is 0 Å². The van der Waals surface area contributed by atoms with Gasteiger partial charge in [-0.2, -0.15) is 0 Å². The number of hydrogen-bond donors (Lipinski definition) is 1. The van der Waals surface area contributed by atoms with Crippen molar-refractivity contribution < 1.29 is 19.0 Å². The molecule has 3 aromatic rings. The van der Waals surface area contributed by atoms with Gasteiger partial charge in [0.15, 0.2) is 0 Å². The zero-order valence-corrected chi connectivity index (χ0v) is 19.3. The summed E-state index contributed by atoms with van der Waals surface area (Å²) in [5, 5.41) is 2.92. The normalized spacial score (nSPS) is 10.5. The van der Waals surface area contributed by atoms with Crippen molar-refractivity contribution in [3.8, 4) is 17.2 Å². The summed E-state index contributed by atoms with van der Waals surface area (Å²) in [5.74, 6) is 2.06. The Morgan fingerprint density at radius 1 is 0.667 bits per heavy atom. The van der Waals surface area contributed by atoms with Gasteiger partial charge in [-0.25, -0.2) is 0 Å². The Labute approximate surface area is 196 Å². The van der Waals surface area contributed by atoms with E-state index in [-0.39, 0.29) is 5.91 Å². The van der Waals surface area contributed by atoms with Crippen molar-refractivity contribution in [1.29, 1.82) is 0 Å². The van der Waals surface area contributed by atoms with E-state index in [0.29, 0.717) is 24.5 Å². The molecule has 0 atom stereocenters. The number of anilines is 1. The van der Waals surface area contributed by atoms with E-state index in [1.54, 1.807) is 18.2 Å². The summed E-state index contributed by atoms with van der Waals surface area (Å²) in [4.78, 5) is 12.6. The molecule has 5 nitrogen and oxygen atoms in total. The molecule has 0 radical (unpaired) electrons. The SMILES string of the molecule is CCCCCCCOc1ccc(NC(=O)c2cccc(OCCOc3ccccc3)c2)cc1. The Hall–Kier alpha value is -3.47. The molecule has 0 aliphatic rings. The molecule has 0 aliphatic heterocycles. The number of benzene rings is 3. The molecule has 5 heteroatoms. The van der Waals surface area contributed by atoms with Gasteiger partial charge >= 0.3 is 0 Å². The van der Waals surface area contributed by atoms with Gasteiger partial charge in [-0.1, -0.05) is 56.9 Å². The van der Waals surface area contributed by atoms with Crippen molar-refractivity contribution in [3.05, 3.63) is 84.4 Å². The first-order chi connectivity index (χ1) is 16.2. The average Bonchev–Trinajstić information content (AvgIpc) is 2.86. The number of amides is 1. The molecule has 0 aromatic heterocycles. The molecule has 174 valence electrons. The van der Waals surface area contributed by atoms with Gasteiger partial charge in [0.2, 0.25) is 0 Å². The quantitative estimate of drug-likeness (QED) is 0.278. The Kier molecular flexibility index (Phi) is 10.1. The molecule has 0 aliphatic carbocycles. The summed E-state index contributed by atoms with van der Waals surface area (Å²) >= 11 is 0. The summed E-state index contributed by atoms with van der Waals surface area (Å²) in [6.07, 6.45) is 6.06. The summed E-state index contributed by atoms with van der Waals surface area (Å²) < 4.78 is 17.1. The number of unbranched alkanes of at least 4 members (excludes halogenated alkanes) is 4. The molecule has 33 heavy (non-hydrogen) atoms. The minimum atomic E-state index is -0.189. The van der Waals surface area contributed by atoms with E-state index in [4.69, 9.17) is 14.2 Å². The van der Waals surface area contributed by atoms with E-state index >= 15 is 0 Å². The molecular formula is C28H33NO4. The molecule has 3 rings (SSSR count). The second kappa shape index (κ2) is 13.8. The maximum absolute atomic E-state index is 12.6. The molecule has 0 heterocycles. The van der Waals surface area contributed by atoms with Crippen LogP contribution in [0.4, 0.5) is 5.69 Å². The van der Waals surface area contributed by atoms with Crippen LogP contribution in [0.15, 0.2) is 78.9 Å². The first-order valence-electron chi connectivity index (χ1n) is 11.7. The number of rotatable bonds is 14. The first kappa shape index (κ1) is 24.2. The number of hydrogen-bond acceptors (Lipinski definition) is 4. The molecule has 0 bridgehead atoms. The molecule has 1 amide bonds. The van der Waals surface area contributed by atoms with Gasteiger partial charge in [0.1, 0.15) is 30.5 Å². The highest BCUT2D eigenvalue weighted by molar-refractivity contribution is 6.04. The average molecular weight is 448 g/mol. The Morgan fingerprint density at radius 3 is 2.06 bits per heavy atom. The van der Waals surface area contributed by atoms with Crippen LogP contribution in [-0.4, -0.2) is 25.7 Å². The van der Waals surface area contributed by atoms with Crippen molar-refractivity contribution in [2.75, 3.05) is 25.1 Å². The van der Waals surface area contributed by atoms with Crippen LogP contribution in [-0.2, 0) is 0 Å². The van der Waals surface area contributed by atoms with E-state index in [0.717, 1.165) is 30.2 Å². The van der Waals surface area contributed by atoms with E-state index in [1.165, 1.54) is 25.7 Å². The maximum atomic E-state index is 12.6. The van der Waals surface area contributed by atoms with Crippen LogP contribution in [0.5, 0.6) is 17.2 Å². The van der Waals surface area contributed by atoms with Gasteiger partial charge in [-0.15, -0.1) is 0 Å². The lowest BCUT2D eigenvalue weighted by molar-refractivity contribution is 0.102.